The van der Waals surface area contributed by atoms with Gasteiger partial charge in [-0.2, -0.15) is 0 Å². The maximum absolute atomic E-state index is 13.7. The molecule has 1 aliphatic carbocycles. The second-order valence-electron chi connectivity index (χ2n) is 11.8. The number of amides is 2. The van der Waals surface area contributed by atoms with Gasteiger partial charge in [-0.25, -0.2) is 4.98 Å². The second kappa shape index (κ2) is 10.5. The Balaban J connectivity index is 1.38. The van der Waals surface area contributed by atoms with Crippen LogP contribution < -0.4 is 10.6 Å². The van der Waals surface area contributed by atoms with Gasteiger partial charge >= 0.3 is 0 Å². The number of halogens is 1. The number of rotatable bonds is 10. The molecule has 1 saturated carbocycles. The summed E-state index contributed by atoms with van der Waals surface area (Å²) in [4.78, 5) is 32.2. The summed E-state index contributed by atoms with van der Waals surface area (Å²) < 4.78 is 14.7. The summed E-state index contributed by atoms with van der Waals surface area (Å²) in [7, 11) is -1.09. The molecule has 10 heteroatoms. The van der Waals surface area contributed by atoms with Gasteiger partial charge in [-0.3, -0.25) is 13.8 Å². The Labute approximate surface area is 227 Å². The minimum atomic E-state index is -1.09. The van der Waals surface area contributed by atoms with Crippen molar-refractivity contribution in [3.63, 3.8) is 0 Å². The summed E-state index contributed by atoms with van der Waals surface area (Å²) in [6, 6.07) is 7.25. The lowest BCUT2D eigenvalue weighted by Crippen LogP contribution is -2.49. The molecule has 202 valence electrons. The highest BCUT2D eigenvalue weighted by molar-refractivity contribution is 7.88. The fourth-order valence-electron chi connectivity index (χ4n) is 4.76. The van der Waals surface area contributed by atoms with Crippen LogP contribution in [-0.2, 0) is 23.9 Å². The summed E-state index contributed by atoms with van der Waals surface area (Å²) in [6.45, 7) is 13.1. The van der Waals surface area contributed by atoms with Crippen molar-refractivity contribution in [3.05, 3.63) is 52.6 Å². The number of benzene rings is 1. The molecule has 1 aromatic heterocycles. The number of nitrogens with zero attached hydrogens (tertiary/aromatic N) is 3. The zero-order valence-corrected chi connectivity index (χ0v) is 24.0. The third-order valence-electron chi connectivity index (χ3n) is 7.09. The van der Waals surface area contributed by atoms with E-state index in [9.17, 15) is 13.8 Å². The Morgan fingerprint density at radius 2 is 1.81 bits per heavy atom. The normalized spacial score (nSPS) is 17.9. The largest absolute Gasteiger partial charge is 0.345 e. The lowest BCUT2D eigenvalue weighted by atomic mass is 10.1. The van der Waals surface area contributed by atoms with Gasteiger partial charge in [0, 0.05) is 52.3 Å². The number of aromatic nitrogens is 2. The van der Waals surface area contributed by atoms with Crippen LogP contribution in [0, 0.1) is 0 Å². The van der Waals surface area contributed by atoms with E-state index in [1.54, 1.807) is 21.6 Å². The van der Waals surface area contributed by atoms with E-state index in [-0.39, 0.29) is 32.7 Å². The molecule has 2 N–H and O–H groups in total. The van der Waals surface area contributed by atoms with Crippen LogP contribution in [0.3, 0.4) is 0 Å². The maximum atomic E-state index is 13.7. The standard InChI is InChI=1S/C27H38ClN5O3S/c1-25(2,3)31-13-12-26(4,5)37(36)27(10-11-27)18-32-14-15-33-21(24(32)35)17-29-22(33)23(34)30-16-19-6-8-20(28)9-7-19/h6-9,17,31H,10-16,18H2,1-5H3,(H,30,34). The number of carbonyl (C=O) groups excluding carboxylic acids is 2. The van der Waals surface area contributed by atoms with Gasteiger partial charge in [0.25, 0.3) is 11.8 Å². The first-order valence-corrected chi connectivity index (χ1v) is 14.4. The minimum absolute atomic E-state index is 0.0175. The Hall–Kier alpha value is -2.23. The molecule has 1 aromatic carbocycles. The molecule has 37 heavy (non-hydrogen) atoms. The zero-order valence-electron chi connectivity index (χ0n) is 22.4. The quantitative estimate of drug-likeness (QED) is 0.472. The van der Waals surface area contributed by atoms with Gasteiger partial charge in [0.1, 0.15) is 5.69 Å². The summed E-state index contributed by atoms with van der Waals surface area (Å²) in [5, 5.41) is 6.99. The van der Waals surface area contributed by atoms with E-state index in [1.807, 2.05) is 12.1 Å². The maximum Gasteiger partial charge on any atom is 0.287 e. The van der Waals surface area contributed by atoms with Gasteiger partial charge in [0.2, 0.25) is 0 Å². The third kappa shape index (κ3) is 6.44. The van der Waals surface area contributed by atoms with Crippen molar-refractivity contribution >= 4 is 34.2 Å². The van der Waals surface area contributed by atoms with Gasteiger partial charge in [-0.15, -0.1) is 0 Å². The topological polar surface area (TPSA) is 96.3 Å². The van der Waals surface area contributed by atoms with Crippen LogP contribution in [0.15, 0.2) is 30.5 Å². The van der Waals surface area contributed by atoms with Crippen LogP contribution in [0.5, 0.6) is 0 Å². The van der Waals surface area contributed by atoms with Crippen LogP contribution in [0.25, 0.3) is 0 Å². The number of carbonyl (C=O) groups is 2. The monoisotopic (exact) mass is 547 g/mol. The van der Waals surface area contributed by atoms with Crippen LogP contribution in [0.2, 0.25) is 5.02 Å². The van der Waals surface area contributed by atoms with E-state index < -0.39 is 10.8 Å². The Kier molecular flexibility index (Phi) is 7.89. The van der Waals surface area contributed by atoms with Crippen LogP contribution in [0.1, 0.15) is 80.6 Å². The summed E-state index contributed by atoms with van der Waals surface area (Å²) in [5.74, 6) is -0.257. The molecule has 1 aliphatic heterocycles. The zero-order chi connectivity index (χ0) is 27.0. The molecule has 0 radical (unpaired) electrons. The van der Waals surface area contributed by atoms with E-state index >= 15 is 0 Å². The lowest BCUT2D eigenvalue weighted by Gasteiger charge is -2.35. The summed E-state index contributed by atoms with van der Waals surface area (Å²) >= 11 is 5.92. The molecule has 2 aromatic rings. The highest BCUT2D eigenvalue weighted by Crippen LogP contribution is 2.47. The van der Waals surface area contributed by atoms with Gasteiger partial charge in [0.15, 0.2) is 5.82 Å². The fourth-order valence-corrected chi connectivity index (χ4v) is 7.09. The number of hydrogen-bond donors (Lipinski definition) is 2. The smallest absolute Gasteiger partial charge is 0.287 e. The predicted molar refractivity (Wildman–Crippen MR) is 147 cm³/mol. The van der Waals surface area contributed by atoms with Crippen molar-refractivity contribution in [2.75, 3.05) is 19.6 Å². The summed E-state index contributed by atoms with van der Waals surface area (Å²) in [5.41, 5.74) is 1.34. The van der Waals surface area contributed by atoms with Gasteiger partial charge in [0.05, 0.1) is 10.9 Å². The molecule has 4 rings (SSSR count). The Morgan fingerprint density at radius 3 is 2.43 bits per heavy atom. The molecule has 0 spiro atoms. The highest BCUT2D eigenvalue weighted by Gasteiger charge is 2.54. The van der Waals surface area contributed by atoms with Crippen molar-refractivity contribution < 1.29 is 13.8 Å². The number of imidazole rings is 1. The van der Waals surface area contributed by atoms with Crippen molar-refractivity contribution in [2.24, 2.45) is 0 Å². The first-order chi connectivity index (χ1) is 17.3. The van der Waals surface area contributed by atoms with Crippen LogP contribution >= 0.6 is 11.6 Å². The molecular weight excluding hydrogens is 510 g/mol. The molecule has 8 nitrogen and oxygen atoms in total. The van der Waals surface area contributed by atoms with E-state index in [1.165, 1.54) is 6.20 Å². The molecule has 1 unspecified atom stereocenters. The van der Waals surface area contributed by atoms with Gasteiger partial charge in [-0.1, -0.05) is 23.7 Å². The first-order valence-electron chi connectivity index (χ1n) is 12.9. The molecule has 0 saturated heterocycles. The molecule has 0 bridgehead atoms. The van der Waals surface area contributed by atoms with Crippen molar-refractivity contribution in [1.82, 2.24) is 25.1 Å². The SMILES string of the molecule is CC(C)(C)NCCC(C)(C)S(=O)C1(CN2CCn3c(cnc3C(=O)NCc3ccc(Cl)cc3)C2=O)CC1. The van der Waals surface area contributed by atoms with Crippen molar-refractivity contribution in [2.45, 2.75) is 82.0 Å². The highest BCUT2D eigenvalue weighted by atomic mass is 35.5. The molecule has 2 amide bonds. The fraction of sp³-hybridized carbons (Fsp3) is 0.593. The predicted octanol–water partition coefficient (Wildman–Crippen LogP) is 3.76. The lowest BCUT2D eigenvalue weighted by molar-refractivity contribution is 0.0698. The van der Waals surface area contributed by atoms with Crippen LogP contribution in [-0.4, -0.2) is 65.1 Å². The number of fused-ring (bicyclic) bond motifs is 1. The van der Waals surface area contributed by atoms with Crippen molar-refractivity contribution in [1.29, 1.82) is 0 Å². The molecule has 2 aliphatic rings. The summed E-state index contributed by atoms with van der Waals surface area (Å²) in [6.07, 6.45) is 3.99. The van der Waals surface area contributed by atoms with E-state index in [0.717, 1.165) is 31.4 Å². The molecule has 1 fully saturated rings. The van der Waals surface area contributed by atoms with Crippen LogP contribution in [0.4, 0.5) is 0 Å². The molecule has 1 atom stereocenters. The van der Waals surface area contributed by atoms with E-state index in [4.69, 9.17) is 11.6 Å². The van der Waals surface area contributed by atoms with Gasteiger partial charge in [-0.05, 0) is 78.1 Å². The third-order valence-corrected chi connectivity index (χ3v) is 9.87. The first kappa shape index (κ1) is 27.8. The van der Waals surface area contributed by atoms with E-state index in [0.29, 0.717) is 36.9 Å². The number of nitrogens with one attached hydrogen (secondary N) is 2. The molecule has 2 heterocycles. The Bertz CT molecular complexity index is 1180. The van der Waals surface area contributed by atoms with Gasteiger partial charge < -0.3 is 20.1 Å². The number of hydrogen-bond acceptors (Lipinski definition) is 5. The van der Waals surface area contributed by atoms with E-state index in [2.05, 4.69) is 50.2 Å². The Morgan fingerprint density at radius 1 is 1.14 bits per heavy atom. The minimum Gasteiger partial charge on any atom is -0.345 e. The average molecular weight is 548 g/mol. The molecular formula is C27H38ClN5O3S. The second-order valence-corrected chi connectivity index (χ2v) is 14.7. The average Bonchev–Trinajstić information content (AvgIpc) is 3.47. The van der Waals surface area contributed by atoms with Crippen molar-refractivity contribution in [3.8, 4) is 0 Å².